The number of amides is 1. The predicted octanol–water partition coefficient (Wildman–Crippen LogP) is 4.26. The quantitative estimate of drug-likeness (QED) is 0.462. The van der Waals surface area contributed by atoms with Crippen molar-refractivity contribution in [1.29, 1.82) is 0 Å². The van der Waals surface area contributed by atoms with E-state index in [0.29, 0.717) is 21.9 Å². The lowest BCUT2D eigenvalue weighted by molar-refractivity contribution is -0.115. The molecule has 1 amide bonds. The summed E-state index contributed by atoms with van der Waals surface area (Å²) >= 11 is 1.29. The number of para-hydroxylation sites is 1. The number of carbonyl (C=O) groups is 1. The molecule has 0 fully saturated rings. The average molecular weight is 414 g/mol. The first-order valence-electron chi connectivity index (χ1n) is 9.85. The van der Waals surface area contributed by atoms with Crippen molar-refractivity contribution in [3.05, 3.63) is 46.9 Å². The molecule has 3 rings (SSSR count). The lowest BCUT2D eigenvalue weighted by Crippen LogP contribution is -2.28. The Hall–Kier alpha value is -2.61. The van der Waals surface area contributed by atoms with Gasteiger partial charge in [-0.1, -0.05) is 30.8 Å². The number of thioether (sulfide) groups is 1. The highest BCUT2D eigenvalue weighted by Crippen LogP contribution is 2.26. The molecule has 0 saturated carbocycles. The summed E-state index contributed by atoms with van der Waals surface area (Å²) in [5.74, 6) is 0.516. The minimum atomic E-state index is -0.437. The normalized spacial score (nSPS) is 13.6. The predicted molar refractivity (Wildman–Crippen MR) is 118 cm³/mol. The molecule has 0 saturated heterocycles. The third kappa shape index (κ3) is 4.37. The molecule has 0 aliphatic heterocycles. The molecule has 7 nitrogen and oxygen atoms in total. The van der Waals surface area contributed by atoms with Crippen LogP contribution in [0.1, 0.15) is 53.1 Å². The maximum atomic E-state index is 12.9. The second-order valence-electron chi connectivity index (χ2n) is 7.35. The van der Waals surface area contributed by atoms with Gasteiger partial charge in [-0.15, -0.1) is 0 Å². The molecule has 3 aromatic rings. The number of fused-ring (bicyclic) bond motifs is 1. The maximum Gasteiger partial charge on any atom is 0.262 e. The van der Waals surface area contributed by atoms with Crippen LogP contribution in [-0.4, -0.2) is 30.5 Å². The molecule has 154 valence electrons. The highest BCUT2D eigenvalue weighted by atomic mass is 32.2. The fourth-order valence-electron chi connectivity index (χ4n) is 3.04. The average Bonchev–Trinajstić information content (AvgIpc) is 3.15. The van der Waals surface area contributed by atoms with Gasteiger partial charge in [-0.3, -0.25) is 14.2 Å². The Morgan fingerprint density at radius 1 is 1.17 bits per heavy atom. The van der Waals surface area contributed by atoms with Crippen molar-refractivity contribution in [2.75, 3.05) is 5.32 Å². The lowest BCUT2D eigenvalue weighted by atomic mass is 10.2. The van der Waals surface area contributed by atoms with Gasteiger partial charge in [0.1, 0.15) is 5.82 Å². The van der Waals surface area contributed by atoms with Crippen molar-refractivity contribution in [2.45, 2.75) is 63.5 Å². The summed E-state index contributed by atoms with van der Waals surface area (Å²) in [5, 5.41) is 7.95. The highest BCUT2D eigenvalue weighted by molar-refractivity contribution is 8.00. The summed E-state index contributed by atoms with van der Waals surface area (Å²) in [4.78, 5) is 30.4. The van der Waals surface area contributed by atoms with Crippen molar-refractivity contribution in [3.8, 4) is 0 Å². The van der Waals surface area contributed by atoms with Crippen LogP contribution in [0.3, 0.4) is 0 Å². The molecule has 2 heterocycles. The van der Waals surface area contributed by atoms with Crippen molar-refractivity contribution in [2.24, 2.45) is 0 Å². The van der Waals surface area contributed by atoms with E-state index in [0.717, 1.165) is 6.42 Å². The molecular weight excluding hydrogens is 386 g/mol. The third-order valence-electron chi connectivity index (χ3n) is 4.87. The van der Waals surface area contributed by atoms with Crippen LogP contribution in [0.2, 0.25) is 0 Å². The number of hydrogen-bond acceptors (Lipinski definition) is 5. The summed E-state index contributed by atoms with van der Waals surface area (Å²) in [6, 6.07) is 9.21. The minimum absolute atomic E-state index is 0.0656. The van der Waals surface area contributed by atoms with Gasteiger partial charge in [0.2, 0.25) is 5.91 Å². The fraction of sp³-hybridized carbons (Fsp3) is 0.429. The number of carbonyl (C=O) groups excluding carboxylic acids is 1. The van der Waals surface area contributed by atoms with Gasteiger partial charge >= 0.3 is 0 Å². The molecule has 0 radical (unpaired) electrons. The van der Waals surface area contributed by atoms with Crippen LogP contribution in [0.4, 0.5) is 5.82 Å². The Morgan fingerprint density at radius 2 is 1.90 bits per heavy atom. The van der Waals surface area contributed by atoms with E-state index in [2.05, 4.69) is 29.2 Å². The van der Waals surface area contributed by atoms with Gasteiger partial charge in [-0.2, -0.15) is 5.10 Å². The van der Waals surface area contributed by atoms with Crippen LogP contribution < -0.4 is 10.9 Å². The smallest absolute Gasteiger partial charge is 0.262 e. The Kier molecular flexibility index (Phi) is 6.42. The number of nitrogens with zero attached hydrogens (tertiary/aromatic N) is 4. The molecule has 2 aromatic heterocycles. The second kappa shape index (κ2) is 8.82. The number of rotatable bonds is 7. The first-order valence-corrected chi connectivity index (χ1v) is 10.7. The van der Waals surface area contributed by atoms with Crippen LogP contribution in [0.5, 0.6) is 0 Å². The summed E-state index contributed by atoms with van der Waals surface area (Å²) in [5.41, 5.74) is 0.551. The third-order valence-corrected chi connectivity index (χ3v) is 5.94. The highest BCUT2D eigenvalue weighted by Gasteiger charge is 2.22. The zero-order valence-electron chi connectivity index (χ0n) is 17.4. The van der Waals surface area contributed by atoms with Crippen molar-refractivity contribution in [1.82, 2.24) is 19.3 Å². The number of anilines is 1. The van der Waals surface area contributed by atoms with Gasteiger partial charge in [0, 0.05) is 12.1 Å². The standard InChI is InChI=1S/C21H27N5O2S/c1-6-14(4)26-18(11-12-22-26)24-19(27)15(5)29-21-23-17-10-8-7-9-16(17)20(28)25(21)13(2)3/h7-15H,6H2,1-5H3,(H,24,27)/t14-,15-/m0/s1. The first kappa shape index (κ1) is 21.1. The van der Waals surface area contributed by atoms with E-state index in [1.807, 2.05) is 43.7 Å². The summed E-state index contributed by atoms with van der Waals surface area (Å²) in [6.45, 7) is 9.83. The Labute approximate surface area is 174 Å². The van der Waals surface area contributed by atoms with Crippen LogP contribution in [0, 0.1) is 0 Å². The summed E-state index contributed by atoms with van der Waals surface area (Å²) in [6.07, 6.45) is 2.59. The Bertz CT molecular complexity index is 1070. The maximum absolute atomic E-state index is 12.9. The summed E-state index contributed by atoms with van der Waals surface area (Å²) < 4.78 is 3.47. The van der Waals surface area contributed by atoms with Gasteiger partial charge in [0.15, 0.2) is 5.16 Å². The molecule has 0 spiro atoms. The molecule has 0 aliphatic rings. The zero-order valence-corrected chi connectivity index (χ0v) is 18.2. The van der Waals surface area contributed by atoms with E-state index < -0.39 is 5.25 Å². The van der Waals surface area contributed by atoms with Crippen molar-refractivity contribution < 1.29 is 4.79 Å². The van der Waals surface area contributed by atoms with E-state index in [-0.39, 0.29) is 23.6 Å². The van der Waals surface area contributed by atoms with Gasteiger partial charge in [-0.05, 0) is 46.2 Å². The number of hydrogen-bond donors (Lipinski definition) is 1. The van der Waals surface area contributed by atoms with Crippen molar-refractivity contribution >= 4 is 34.4 Å². The Balaban J connectivity index is 1.87. The van der Waals surface area contributed by atoms with Gasteiger partial charge in [0.05, 0.1) is 28.4 Å². The van der Waals surface area contributed by atoms with Crippen LogP contribution >= 0.6 is 11.8 Å². The molecular formula is C21H27N5O2S. The fourth-order valence-corrected chi connectivity index (χ4v) is 4.08. The molecule has 2 atom stereocenters. The van der Waals surface area contributed by atoms with Crippen molar-refractivity contribution in [3.63, 3.8) is 0 Å². The largest absolute Gasteiger partial charge is 0.310 e. The molecule has 8 heteroatoms. The molecule has 0 unspecified atom stereocenters. The molecule has 29 heavy (non-hydrogen) atoms. The molecule has 0 aliphatic carbocycles. The second-order valence-corrected chi connectivity index (χ2v) is 8.66. The van der Waals surface area contributed by atoms with Gasteiger partial charge in [0.25, 0.3) is 5.56 Å². The topological polar surface area (TPSA) is 81.8 Å². The van der Waals surface area contributed by atoms with Gasteiger partial charge in [-0.25, -0.2) is 9.67 Å². The van der Waals surface area contributed by atoms with Crippen LogP contribution in [0.25, 0.3) is 10.9 Å². The Morgan fingerprint density at radius 3 is 2.59 bits per heavy atom. The van der Waals surface area contributed by atoms with E-state index >= 15 is 0 Å². The number of aromatic nitrogens is 4. The number of nitrogens with one attached hydrogen (secondary N) is 1. The summed E-state index contributed by atoms with van der Waals surface area (Å²) in [7, 11) is 0. The SMILES string of the molecule is CC[C@H](C)n1nccc1NC(=O)[C@H](C)Sc1nc2ccccc2c(=O)n1C(C)C. The number of benzene rings is 1. The van der Waals surface area contributed by atoms with E-state index in [9.17, 15) is 9.59 Å². The van der Waals surface area contributed by atoms with E-state index in [1.165, 1.54) is 11.8 Å². The minimum Gasteiger partial charge on any atom is -0.310 e. The molecule has 0 bridgehead atoms. The van der Waals surface area contributed by atoms with Crippen LogP contribution in [0.15, 0.2) is 46.5 Å². The van der Waals surface area contributed by atoms with E-state index in [4.69, 9.17) is 0 Å². The lowest BCUT2D eigenvalue weighted by Gasteiger charge is -2.19. The van der Waals surface area contributed by atoms with Crippen LogP contribution in [-0.2, 0) is 4.79 Å². The zero-order chi connectivity index (χ0) is 21.1. The molecule has 1 aromatic carbocycles. The first-order chi connectivity index (χ1) is 13.8. The van der Waals surface area contributed by atoms with Gasteiger partial charge < -0.3 is 5.32 Å². The monoisotopic (exact) mass is 413 g/mol. The van der Waals surface area contributed by atoms with E-state index in [1.54, 1.807) is 22.9 Å². The molecule has 1 N–H and O–H groups in total.